The first-order chi connectivity index (χ1) is 12.6. The minimum atomic E-state index is -5.17. The first kappa shape index (κ1) is 19.7. The fourth-order valence-electron chi connectivity index (χ4n) is 3.19. The Hall–Kier alpha value is -2.07. The van der Waals surface area contributed by atoms with Gasteiger partial charge in [0.1, 0.15) is 11.6 Å². The number of rotatable bonds is 3. The van der Waals surface area contributed by atoms with Crippen LogP contribution in [0.2, 0.25) is 0 Å². The molecule has 10 heteroatoms. The summed E-state index contributed by atoms with van der Waals surface area (Å²) < 4.78 is 99.4. The summed E-state index contributed by atoms with van der Waals surface area (Å²) in [5.74, 6) is -1.54. The van der Waals surface area contributed by atoms with E-state index < -0.39 is 40.9 Å². The molecule has 0 saturated carbocycles. The van der Waals surface area contributed by atoms with Crippen LogP contribution in [-0.2, 0) is 12.4 Å². The Labute approximate surface area is 149 Å². The van der Waals surface area contributed by atoms with E-state index >= 15 is 0 Å². The van der Waals surface area contributed by atoms with Crippen LogP contribution in [0.25, 0.3) is 0 Å². The van der Waals surface area contributed by atoms with Gasteiger partial charge in [-0.3, -0.25) is 4.90 Å². The number of nitrogens with zero attached hydrogens (tertiary/aromatic N) is 1. The summed E-state index contributed by atoms with van der Waals surface area (Å²) in [4.78, 5) is 1.55. The summed E-state index contributed by atoms with van der Waals surface area (Å²) in [5.41, 5.74) is -4.21. The smallest absolute Gasteiger partial charge is 0.416 e. The number of halogens is 7. The summed E-state index contributed by atoms with van der Waals surface area (Å²) in [7, 11) is 0. The van der Waals surface area contributed by atoms with Gasteiger partial charge in [0.05, 0.1) is 23.4 Å². The molecule has 27 heavy (non-hydrogen) atoms. The van der Waals surface area contributed by atoms with Crippen LogP contribution in [0.1, 0.15) is 28.5 Å². The van der Waals surface area contributed by atoms with Crippen molar-refractivity contribution in [2.75, 3.05) is 26.2 Å². The van der Waals surface area contributed by atoms with E-state index in [9.17, 15) is 30.7 Å². The lowest BCUT2D eigenvalue weighted by atomic mass is 9.93. The van der Waals surface area contributed by atoms with Crippen LogP contribution in [-0.4, -0.2) is 31.1 Å². The van der Waals surface area contributed by atoms with Crippen molar-refractivity contribution < 1.29 is 35.2 Å². The second-order valence-electron chi connectivity index (χ2n) is 6.12. The highest BCUT2D eigenvalue weighted by Crippen LogP contribution is 2.43. The molecule has 3 rings (SSSR count). The summed E-state index contributed by atoms with van der Waals surface area (Å²) in [6.45, 7) is 1.45. The van der Waals surface area contributed by atoms with Crippen LogP contribution >= 0.6 is 0 Å². The highest BCUT2D eigenvalue weighted by molar-refractivity contribution is 5.41. The fourth-order valence-corrected chi connectivity index (χ4v) is 3.19. The molecule has 1 aliphatic heterocycles. The summed E-state index contributed by atoms with van der Waals surface area (Å²) in [5, 5.41) is 3.02. The Morgan fingerprint density at radius 2 is 1.67 bits per heavy atom. The number of hydrogen-bond acceptors (Lipinski definition) is 3. The average molecular weight is 396 g/mol. The minimum absolute atomic E-state index is 0.0288. The molecule has 1 aromatic heterocycles. The predicted molar refractivity (Wildman–Crippen MR) is 81.4 cm³/mol. The van der Waals surface area contributed by atoms with E-state index in [1.54, 1.807) is 4.90 Å². The molecule has 1 atom stereocenters. The molecular formula is C17H15F7N2O. The second kappa shape index (κ2) is 7.16. The van der Waals surface area contributed by atoms with E-state index in [1.165, 1.54) is 18.4 Å². The number of piperazine rings is 1. The molecule has 2 heterocycles. The fraction of sp³-hybridized carbons (Fsp3) is 0.412. The van der Waals surface area contributed by atoms with Crippen LogP contribution in [0.5, 0.6) is 0 Å². The van der Waals surface area contributed by atoms with Gasteiger partial charge in [0.2, 0.25) is 0 Å². The zero-order chi connectivity index (χ0) is 19.8. The lowest BCUT2D eigenvalue weighted by Gasteiger charge is -2.35. The van der Waals surface area contributed by atoms with E-state index in [0.717, 1.165) is 0 Å². The molecule has 0 radical (unpaired) electrons. The molecule has 0 amide bonds. The number of nitrogens with one attached hydrogen (secondary N) is 1. The molecule has 0 aliphatic carbocycles. The van der Waals surface area contributed by atoms with Crippen LogP contribution in [0, 0.1) is 5.82 Å². The quantitative estimate of drug-likeness (QED) is 0.778. The van der Waals surface area contributed by atoms with E-state index in [2.05, 4.69) is 5.32 Å². The second-order valence-corrected chi connectivity index (χ2v) is 6.12. The van der Waals surface area contributed by atoms with Crippen molar-refractivity contribution in [2.45, 2.75) is 18.4 Å². The number of furan rings is 1. The maximum Gasteiger partial charge on any atom is 0.416 e. The Bertz CT molecular complexity index is 778. The first-order valence-corrected chi connectivity index (χ1v) is 8.05. The van der Waals surface area contributed by atoms with Gasteiger partial charge in [0.25, 0.3) is 0 Å². The van der Waals surface area contributed by atoms with Crippen molar-refractivity contribution in [1.82, 2.24) is 10.2 Å². The lowest BCUT2D eigenvalue weighted by molar-refractivity contribution is -0.144. The van der Waals surface area contributed by atoms with E-state index in [4.69, 9.17) is 4.42 Å². The molecule has 3 nitrogen and oxygen atoms in total. The van der Waals surface area contributed by atoms with Crippen molar-refractivity contribution in [3.05, 3.63) is 58.8 Å². The molecule has 1 N–H and O–H groups in total. The lowest BCUT2D eigenvalue weighted by Crippen LogP contribution is -2.46. The maximum absolute atomic E-state index is 14.7. The third kappa shape index (κ3) is 4.11. The van der Waals surface area contributed by atoms with Crippen molar-refractivity contribution >= 4 is 0 Å². The Balaban J connectivity index is 2.22. The van der Waals surface area contributed by atoms with Gasteiger partial charge in [-0.2, -0.15) is 26.3 Å². The van der Waals surface area contributed by atoms with Crippen LogP contribution in [0.3, 0.4) is 0 Å². The molecule has 2 aromatic rings. The molecule has 0 spiro atoms. The number of benzene rings is 1. The molecular weight excluding hydrogens is 381 g/mol. The predicted octanol–water partition coefficient (Wildman–Crippen LogP) is 4.45. The Morgan fingerprint density at radius 1 is 1.00 bits per heavy atom. The van der Waals surface area contributed by atoms with Gasteiger partial charge in [-0.1, -0.05) is 0 Å². The zero-order valence-electron chi connectivity index (χ0n) is 13.8. The van der Waals surface area contributed by atoms with Gasteiger partial charge in [-0.15, -0.1) is 0 Å². The third-order valence-electron chi connectivity index (χ3n) is 4.37. The summed E-state index contributed by atoms with van der Waals surface area (Å²) in [6.07, 6.45) is -9.05. The summed E-state index contributed by atoms with van der Waals surface area (Å²) >= 11 is 0. The van der Waals surface area contributed by atoms with Gasteiger partial charge in [0, 0.05) is 31.7 Å². The molecule has 1 fully saturated rings. The Kier molecular flexibility index (Phi) is 5.22. The Morgan fingerprint density at radius 3 is 2.19 bits per heavy atom. The topological polar surface area (TPSA) is 28.4 Å². The molecule has 0 bridgehead atoms. The van der Waals surface area contributed by atoms with Gasteiger partial charge in [-0.05, 0) is 24.3 Å². The SMILES string of the molecule is Fc1cc(C(F)(F)F)cc(C(F)(F)F)c1[C@@H](c1ccco1)N1CCNCC1. The van der Waals surface area contributed by atoms with Gasteiger partial charge < -0.3 is 9.73 Å². The number of alkyl halides is 6. The molecule has 148 valence electrons. The standard InChI is InChI=1S/C17H15F7N2O/c18-12-9-10(16(19,20)21)8-11(17(22,23)24)14(12)15(13-2-1-7-27-13)26-5-3-25-4-6-26/h1-2,7-9,15,25H,3-6H2/t15-/m1/s1. The number of hydrogen-bond donors (Lipinski definition) is 1. The largest absolute Gasteiger partial charge is 0.467 e. The van der Waals surface area contributed by atoms with E-state index in [1.807, 2.05) is 0 Å². The molecule has 1 aliphatic rings. The highest BCUT2D eigenvalue weighted by Gasteiger charge is 2.43. The van der Waals surface area contributed by atoms with E-state index in [0.29, 0.717) is 13.1 Å². The average Bonchev–Trinajstić information content (AvgIpc) is 3.09. The van der Waals surface area contributed by atoms with Crippen LogP contribution in [0.15, 0.2) is 34.9 Å². The molecule has 1 saturated heterocycles. The highest BCUT2D eigenvalue weighted by atomic mass is 19.4. The summed E-state index contributed by atoms with van der Waals surface area (Å²) in [6, 6.07) is 1.57. The molecule has 0 unspecified atom stereocenters. The minimum Gasteiger partial charge on any atom is -0.467 e. The van der Waals surface area contributed by atoms with Crippen LogP contribution < -0.4 is 5.32 Å². The monoisotopic (exact) mass is 396 g/mol. The van der Waals surface area contributed by atoms with Crippen molar-refractivity contribution in [3.63, 3.8) is 0 Å². The van der Waals surface area contributed by atoms with Gasteiger partial charge >= 0.3 is 12.4 Å². The van der Waals surface area contributed by atoms with Crippen molar-refractivity contribution in [1.29, 1.82) is 0 Å². The van der Waals surface area contributed by atoms with Crippen molar-refractivity contribution in [2.24, 2.45) is 0 Å². The molecule has 1 aromatic carbocycles. The maximum atomic E-state index is 14.7. The van der Waals surface area contributed by atoms with Gasteiger partial charge in [-0.25, -0.2) is 4.39 Å². The zero-order valence-corrected chi connectivity index (χ0v) is 13.8. The third-order valence-corrected chi connectivity index (χ3v) is 4.37. The first-order valence-electron chi connectivity index (χ1n) is 8.05. The van der Waals surface area contributed by atoms with Gasteiger partial charge in [0.15, 0.2) is 0 Å². The van der Waals surface area contributed by atoms with Crippen molar-refractivity contribution in [3.8, 4) is 0 Å². The van der Waals surface area contributed by atoms with Crippen LogP contribution in [0.4, 0.5) is 30.7 Å². The normalized spacial score (nSPS) is 17.9. The van der Waals surface area contributed by atoms with E-state index in [-0.39, 0.29) is 31.0 Å².